The monoisotopic (exact) mass is 316 g/mol. The lowest BCUT2D eigenvalue weighted by Crippen LogP contribution is -2.44. The molecule has 1 aliphatic rings. The normalized spacial score (nSPS) is 18.0. The van der Waals surface area contributed by atoms with Gasteiger partial charge < -0.3 is 9.64 Å². The largest absolute Gasteiger partial charge is 0.360 e. The van der Waals surface area contributed by atoms with Gasteiger partial charge in [-0.2, -0.15) is 5.26 Å². The Morgan fingerprint density at radius 3 is 2.82 bits per heavy atom. The summed E-state index contributed by atoms with van der Waals surface area (Å²) in [4.78, 5) is 15.6. The average molecular weight is 316 g/mol. The van der Waals surface area contributed by atoms with E-state index in [1.807, 2.05) is 12.1 Å². The number of amides is 1. The molecule has 4 nitrogen and oxygen atoms in total. The number of carbonyl (C=O) groups is 1. The molecule has 22 heavy (non-hydrogen) atoms. The first-order valence-electron chi connectivity index (χ1n) is 6.83. The number of morpholine rings is 1. The molecule has 3 rings (SSSR count). The van der Waals surface area contributed by atoms with Crippen molar-refractivity contribution >= 4 is 17.2 Å². The zero-order chi connectivity index (χ0) is 15.5. The van der Waals surface area contributed by atoms with Crippen LogP contribution in [0.1, 0.15) is 9.67 Å². The van der Waals surface area contributed by atoms with Crippen molar-refractivity contribution in [1.29, 1.82) is 5.26 Å². The van der Waals surface area contributed by atoms with E-state index in [0.29, 0.717) is 24.6 Å². The molecule has 1 fully saturated rings. The SMILES string of the molecule is N#C[C@H]1CN(C(=O)c2ccc(-c3ccc(F)cc3)s2)CCO1. The summed E-state index contributed by atoms with van der Waals surface area (Å²) < 4.78 is 18.2. The minimum absolute atomic E-state index is 0.0955. The molecule has 112 valence electrons. The molecule has 2 aromatic rings. The van der Waals surface area contributed by atoms with Crippen LogP contribution >= 0.6 is 11.3 Å². The van der Waals surface area contributed by atoms with E-state index in [1.54, 1.807) is 23.1 Å². The van der Waals surface area contributed by atoms with Crippen LogP contribution in [0.25, 0.3) is 10.4 Å². The van der Waals surface area contributed by atoms with Crippen molar-refractivity contribution in [1.82, 2.24) is 4.90 Å². The Bertz CT molecular complexity index is 720. The summed E-state index contributed by atoms with van der Waals surface area (Å²) in [5.41, 5.74) is 0.877. The second-order valence-corrected chi connectivity index (χ2v) is 5.99. The van der Waals surface area contributed by atoms with Gasteiger partial charge in [0.1, 0.15) is 5.82 Å². The van der Waals surface area contributed by atoms with Crippen LogP contribution in [-0.4, -0.2) is 36.6 Å². The molecule has 6 heteroatoms. The lowest BCUT2D eigenvalue weighted by atomic mass is 10.2. The van der Waals surface area contributed by atoms with Crippen LogP contribution in [0.4, 0.5) is 4.39 Å². The van der Waals surface area contributed by atoms with E-state index in [-0.39, 0.29) is 11.7 Å². The van der Waals surface area contributed by atoms with E-state index in [1.165, 1.54) is 23.5 Å². The molecule has 0 unspecified atom stereocenters. The van der Waals surface area contributed by atoms with Crippen molar-refractivity contribution in [3.8, 4) is 16.5 Å². The number of rotatable bonds is 2. The Hall–Kier alpha value is -2.23. The van der Waals surface area contributed by atoms with Gasteiger partial charge in [-0.25, -0.2) is 4.39 Å². The van der Waals surface area contributed by atoms with Crippen LogP contribution in [0.15, 0.2) is 36.4 Å². The number of nitriles is 1. The lowest BCUT2D eigenvalue weighted by Gasteiger charge is -2.29. The van der Waals surface area contributed by atoms with Gasteiger partial charge in [0.25, 0.3) is 5.91 Å². The molecule has 1 atom stereocenters. The Labute approximate surface area is 131 Å². The third-order valence-corrected chi connectivity index (χ3v) is 4.57. The van der Waals surface area contributed by atoms with E-state index in [2.05, 4.69) is 0 Å². The lowest BCUT2D eigenvalue weighted by molar-refractivity contribution is 0.00369. The summed E-state index contributed by atoms with van der Waals surface area (Å²) in [5, 5.41) is 8.90. The van der Waals surface area contributed by atoms with Crippen LogP contribution in [0.2, 0.25) is 0 Å². The molecular weight excluding hydrogens is 303 g/mol. The first kappa shape index (κ1) is 14.7. The molecular formula is C16H13FN2O2S. The Kier molecular flexibility index (Phi) is 4.18. The van der Waals surface area contributed by atoms with Crippen molar-refractivity contribution < 1.29 is 13.9 Å². The molecule has 1 aliphatic heterocycles. The Morgan fingerprint density at radius 2 is 2.09 bits per heavy atom. The number of thiophene rings is 1. The molecule has 0 saturated carbocycles. The Morgan fingerprint density at radius 1 is 1.32 bits per heavy atom. The molecule has 1 saturated heterocycles. The van der Waals surface area contributed by atoms with E-state index in [4.69, 9.17) is 10.00 Å². The number of carbonyl (C=O) groups excluding carboxylic acids is 1. The summed E-state index contributed by atoms with van der Waals surface area (Å²) in [6.07, 6.45) is -0.561. The predicted molar refractivity (Wildman–Crippen MR) is 81.0 cm³/mol. The fourth-order valence-electron chi connectivity index (χ4n) is 2.29. The second-order valence-electron chi connectivity index (χ2n) is 4.91. The van der Waals surface area contributed by atoms with Crippen molar-refractivity contribution in [3.05, 3.63) is 47.1 Å². The van der Waals surface area contributed by atoms with E-state index in [0.717, 1.165) is 10.4 Å². The van der Waals surface area contributed by atoms with Gasteiger partial charge in [0.05, 0.1) is 24.1 Å². The van der Waals surface area contributed by atoms with Gasteiger partial charge in [-0.15, -0.1) is 11.3 Å². The first-order chi connectivity index (χ1) is 10.7. The molecule has 0 N–H and O–H groups in total. The van der Waals surface area contributed by atoms with Crippen molar-refractivity contribution in [2.24, 2.45) is 0 Å². The fraction of sp³-hybridized carbons (Fsp3) is 0.250. The summed E-state index contributed by atoms with van der Waals surface area (Å²) in [5.74, 6) is -0.380. The van der Waals surface area contributed by atoms with Crippen molar-refractivity contribution in [2.45, 2.75) is 6.10 Å². The fourth-order valence-corrected chi connectivity index (χ4v) is 3.27. The first-order valence-corrected chi connectivity index (χ1v) is 7.65. The van der Waals surface area contributed by atoms with Crippen molar-refractivity contribution in [3.63, 3.8) is 0 Å². The number of hydrogen-bond donors (Lipinski definition) is 0. The molecule has 0 spiro atoms. The highest BCUT2D eigenvalue weighted by atomic mass is 32.1. The van der Waals surface area contributed by atoms with Gasteiger partial charge in [0.15, 0.2) is 6.10 Å². The highest BCUT2D eigenvalue weighted by molar-refractivity contribution is 7.17. The average Bonchev–Trinajstić information content (AvgIpc) is 3.05. The molecule has 0 aliphatic carbocycles. The van der Waals surface area contributed by atoms with E-state index in [9.17, 15) is 9.18 Å². The summed E-state index contributed by atoms with van der Waals surface area (Å²) >= 11 is 1.37. The van der Waals surface area contributed by atoms with Gasteiger partial charge in [-0.3, -0.25) is 4.79 Å². The zero-order valence-corrected chi connectivity index (χ0v) is 12.5. The minimum Gasteiger partial charge on any atom is -0.360 e. The molecule has 0 bridgehead atoms. The third-order valence-electron chi connectivity index (χ3n) is 3.44. The maximum absolute atomic E-state index is 13.0. The highest BCUT2D eigenvalue weighted by Crippen LogP contribution is 2.29. The summed E-state index contributed by atoms with van der Waals surface area (Å²) in [6.45, 7) is 1.15. The standard InChI is InChI=1S/C16H13FN2O2S/c17-12-3-1-11(2-4-12)14-5-6-15(22-14)16(20)19-7-8-21-13(9-18)10-19/h1-6,13H,7-8,10H2/t13-/m0/s1. The Balaban J connectivity index is 1.77. The molecule has 2 heterocycles. The topological polar surface area (TPSA) is 53.3 Å². The molecule has 0 radical (unpaired) electrons. The quantitative estimate of drug-likeness (QED) is 0.856. The highest BCUT2D eigenvalue weighted by Gasteiger charge is 2.25. The van der Waals surface area contributed by atoms with Crippen LogP contribution < -0.4 is 0 Å². The van der Waals surface area contributed by atoms with Gasteiger partial charge in [0, 0.05) is 11.4 Å². The minimum atomic E-state index is -0.561. The summed E-state index contributed by atoms with van der Waals surface area (Å²) in [6, 6.07) is 11.8. The van der Waals surface area contributed by atoms with Crippen LogP contribution in [0.3, 0.4) is 0 Å². The summed E-state index contributed by atoms with van der Waals surface area (Å²) in [7, 11) is 0. The molecule has 1 aromatic heterocycles. The number of nitrogens with zero attached hydrogens (tertiary/aromatic N) is 2. The zero-order valence-electron chi connectivity index (χ0n) is 11.7. The van der Waals surface area contributed by atoms with Crippen molar-refractivity contribution in [2.75, 3.05) is 19.7 Å². The number of halogens is 1. The van der Waals surface area contributed by atoms with E-state index >= 15 is 0 Å². The van der Waals surface area contributed by atoms with Crippen LogP contribution in [0, 0.1) is 17.1 Å². The maximum Gasteiger partial charge on any atom is 0.264 e. The van der Waals surface area contributed by atoms with Gasteiger partial charge in [-0.1, -0.05) is 12.1 Å². The van der Waals surface area contributed by atoms with Crippen LogP contribution in [0.5, 0.6) is 0 Å². The molecule has 1 aromatic carbocycles. The van der Waals surface area contributed by atoms with Crippen LogP contribution in [-0.2, 0) is 4.74 Å². The predicted octanol–water partition coefficient (Wildman–Crippen LogP) is 2.92. The number of benzene rings is 1. The second kappa shape index (κ2) is 6.26. The number of hydrogen-bond acceptors (Lipinski definition) is 4. The van der Waals surface area contributed by atoms with Gasteiger partial charge >= 0.3 is 0 Å². The smallest absolute Gasteiger partial charge is 0.264 e. The van der Waals surface area contributed by atoms with Gasteiger partial charge in [0.2, 0.25) is 0 Å². The third kappa shape index (κ3) is 3.01. The van der Waals surface area contributed by atoms with E-state index < -0.39 is 6.10 Å². The van der Waals surface area contributed by atoms with Gasteiger partial charge in [-0.05, 0) is 29.8 Å². The molecule has 1 amide bonds. The maximum atomic E-state index is 13.0. The number of ether oxygens (including phenoxy) is 1.